The molecule has 0 aliphatic carbocycles. The Morgan fingerprint density at radius 3 is 2.67 bits per heavy atom. The lowest BCUT2D eigenvalue weighted by Crippen LogP contribution is -2.44. The van der Waals surface area contributed by atoms with Crippen LogP contribution in [0.3, 0.4) is 0 Å². The minimum atomic E-state index is -0.445. The van der Waals surface area contributed by atoms with Crippen LogP contribution in [0.5, 0.6) is 0 Å². The largest absolute Gasteiger partial charge is 0.444 e. The Labute approximate surface area is 182 Å². The van der Waals surface area contributed by atoms with Crippen LogP contribution in [0.4, 0.5) is 4.79 Å². The summed E-state index contributed by atoms with van der Waals surface area (Å²) in [6, 6.07) is 0.204. The molecule has 0 radical (unpaired) electrons. The van der Waals surface area contributed by atoms with E-state index >= 15 is 0 Å². The summed E-state index contributed by atoms with van der Waals surface area (Å²) < 4.78 is 10.7. The molecule has 1 aliphatic rings. The highest BCUT2D eigenvalue weighted by molar-refractivity contribution is 14.0. The van der Waals surface area contributed by atoms with Crippen LogP contribution < -0.4 is 10.6 Å². The predicted octanol–water partition coefficient (Wildman–Crippen LogP) is 3.23. The van der Waals surface area contributed by atoms with Crippen molar-refractivity contribution < 1.29 is 14.3 Å². The molecule has 0 aromatic carbocycles. The zero-order valence-electron chi connectivity index (χ0n) is 17.8. The average Bonchev–Trinajstić information content (AvgIpc) is 2.54. The number of nitrogens with one attached hydrogen (secondary N) is 2. The van der Waals surface area contributed by atoms with Crippen LogP contribution in [-0.2, 0) is 9.47 Å². The minimum Gasteiger partial charge on any atom is -0.444 e. The Balaban J connectivity index is 0.00000676. The molecule has 0 aromatic rings. The Bertz CT molecular complexity index is 455. The fourth-order valence-corrected chi connectivity index (χ4v) is 3.00. The number of methoxy groups -OCH3 is 1. The molecule has 1 rings (SSSR count). The van der Waals surface area contributed by atoms with Crippen molar-refractivity contribution in [3.05, 3.63) is 0 Å². The van der Waals surface area contributed by atoms with Gasteiger partial charge in [0, 0.05) is 39.3 Å². The van der Waals surface area contributed by atoms with Gasteiger partial charge >= 0.3 is 6.09 Å². The second-order valence-corrected chi connectivity index (χ2v) is 7.98. The van der Waals surface area contributed by atoms with E-state index in [1.165, 1.54) is 0 Å². The van der Waals surface area contributed by atoms with Gasteiger partial charge in [0.1, 0.15) is 5.60 Å². The molecule has 1 fully saturated rings. The smallest absolute Gasteiger partial charge is 0.410 e. The van der Waals surface area contributed by atoms with Crippen LogP contribution in [0.25, 0.3) is 0 Å². The van der Waals surface area contributed by atoms with E-state index in [0.717, 1.165) is 51.4 Å². The predicted molar refractivity (Wildman–Crippen MR) is 121 cm³/mol. The number of nitrogens with zero attached hydrogens (tertiary/aromatic N) is 2. The second kappa shape index (κ2) is 13.4. The number of hydrogen-bond acceptors (Lipinski definition) is 4. The molecular weight excluding hydrogens is 459 g/mol. The third-order valence-electron chi connectivity index (χ3n) is 4.12. The van der Waals surface area contributed by atoms with Gasteiger partial charge in [-0.25, -0.2) is 4.79 Å². The van der Waals surface area contributed by atoms with Gasteiger partial charge in [0.2, 0.25) is 0 Å². The zero-order chi connectivity index (χ0) is 19.6. The van der Waals surface area contributed by atoms with Crippen LogP contribution in [0.1, 0.15) is 53.9 Å². The monoisotopic (exact) mass is 498 g/mol. The van der Waals surface area contributed by atoms with Gasteiger partial charge in [0.15, 0.2) is 5.96 Å². The molecule has 1 amide bonds. The molecule has 1 saturated heterocycles. The molecule has 0 aromatic heterocycles. The second-order valence-electron chi connectivity index (χ2n) is 7.98. The van der Waals surface area contributed by atoms with Crippen molar-refractivity contribution in [3.8, 4) is 0 Å². The maximum atomic E-state index is 12.3. The van der Waals surface area contributed by atoms with E-state index in [9.17, 15) is 4.79 Å². The van der Waals surface area contributed by atoms with Crippen molar-refractivity contribution in [1.29, 1.82) is 0 Å². The maximum Gasteiger partial charge on any atom is 0.410 e. The third-order valence-corrected chi connectivity index (χ3v) is 4.12. The summed E-state index contributed by atoms with van der Waals surface area (Å²) in [6.07, 6.45) is 2.93. The highest BCUT2D eigenvalue weighted by Crippen LogP contribution is 2.21. The quantitative estimate of drug-likeness (QED) is 0.320. The fraction of sp³-hybridized carbons (Fsp3) is 0.895. The van der Waals surface area contributed by atoms with Gasteiger partial charge in [-0.05, 0) is 59.8 Å². The molecule has 2 atom stereocenters. The molecule has 1 heterocycles. The number of aliphatic imine (C=N–C) groups is 1. The van der Waals surface area contributed by atoms with E-state index in [4.69, 9.17) is 9.47 Å². The molecule has 2 unspecified atom stereocenters. The number of halogens is 1. The summed E-state index contributed by atoms with van der Waals surface area (Å²) in [5.74, 6) is 1.29. The number of piperidine rings is 1. The van der Waals surface area contributed by atoms with E-state index in [1.807, 2.05) is 25.7 Å². The summed E-state index contributed by atoms with van der Waals surface area (Å²) in [4.78, 5) is 18.8. The summed E-state index contributed by atoms with van der Waals surface area (Å²) >= 11 is 0. The number of ether oxygens (including phenoxy) is 2. The molecule has 2 N–H and O–H groups in total. The Morgan fingerprint density at radius 2 is 2.07 bits per heavy atom. The number of carbonyl (C=O) groups excluding carboxylic acids is 1. The van der Waals surface area contributed by atoms with Crippen molar-refractivity contribution in [3.63, 3.8) is 0 Å². The van der Waals surface area contributed by atoms with Gasteiger partial charge in [-0.1, -0.05) is 0 Å². The highest BCUT2D eigenvalue weighted by Gasteiger charge is 2.27. The van der Waals surface area contributed by atoms with Crippen LogP contribution in [0.15, 0.2) is 4.99 Å². The average molecular weight is 498 g/mol. The lowest BCUT2D eigenvalue weighted by Gasteiger charge is -2.34. The van der Waals surface area contributed by atoms with Gasteiger partial charge in [0.25, 0.3) is 0 Å². The maximum absolute atomic E-state index is 12.3. The molecule has 0 spiro atoms. The van der Waals surface area contributed by atoms with E-state index in [2.05, 4.69) is 29.5 Å². The lowest BCUT2D eigenvalue weighted by molar-refractivity contribution is 0.0163. The van der Waals surface area contributed by atoms with Gasteiger partial charge in [-0.15, -0.1) is 24.0 Å². The van der Waals surface area contributed by atoms with Gasteiger partial charge in [-0.3, -0.25) is 4.99 Å². The minimum absolute atomic E-state index is 0. The van der Waals surface area contributed by atoms with Crippen molar-refractivity contribution in [1.82, 2.24) is 15.5 Å². The molecule has 1 aliphatic heterocycles. The SMILES string of the molecule is CCNC(=NCCC1CCCN(C(=O)OC(C)(C)C)C1)NC(C)COC.I. The highest BCUT2D eigenvalue weighted by atomic mass is 127. The Kier molecular flexibility index (Phi) is 13.0. The standard InChI is InChI=1S/C19H38N4O3.HI/c1-7-20-17(22-15(2)14-25-6)21-11-10-16-9-8-12-23(13-16)18(24)26-19(3,4)5;/h15-16H,7-14H2,1-6H3,(H2,20,21,22);1H. The van der Waals surface area contributed by atoms with Crippen molar-refractivity contribution in [2.75, 3.05) is 39.9 Å². The van der Waals surface area contributed by atoms with Crippen LogP contribution >= 0.6 is 24.0 Å². The van der Waals surface area contributed by atoms with E-state index in [-0.39, 0.29) is 36.1 Å². The summed E-state index contributed by atoms with van der Waals surface area (Å²) in [5, 5.41) is 6.60. The fourth-order valence-electron chi connectivity index (χ4n) is 3.00. The molecule has 27 heavy (non-hydrogen) atoms. The lowest BCUT2D eigenvalue weighted by atomic mass is 9.95. The number of guanidine groups is 1. The topological polar surface area (TPSA) is 75.2 Å². The Hall–Kier alpha value is -0.770. The normalized spacial score (nSPS) is 19.1. The van der Waals surface area contributed by atoms with Crippen molar-refractivity contribution >= 4 is 36.0 Å². The zero-order valence-corrected chi connectivity index (χ0v) is 20.2. The van der Waals surface area contributed by atoms with Gasteiger partial charge in [0.05, 0.1) is 6.61 Å². The summed E-state index contributed by atoms with van der Waals surface area (Å²) in [6.45, 7) is 13.6. The molecule has 160 valence electrons. The van der Waals surface area contributed by atoms with Crippen molar-refractivity contribution in [2.24, 2.45) is 10.9 Å². The van der Waals surface area contributed by atoms with Gasteiger partial charge < -0.3 is 25.0 Å². The van der Waals surface area contributed by atoms with Crippen LogP contribution in [0, 0.1) is 5.92 Å². The number of carbonyl (C=O) groups is 1. The van der Waals surface area contributed by atoms with E-state index < -0.39 is 5.60 Å². The first-order valence-electron chi connectivity index (χ1n) is 9.76. The number of rotatable bonds is 7. The molecule has 0 saturated carbocycles. The van der Waals surface area contributed by atoms with E-state index in [0.29, 0.717) is 12.5 Å². The first-order chi connectivity index (χ1) is 12.2. The van der Waals surface area contributed by atoms with Gasteiger partial charge in [-0.2, -0.15) is 0 Å². The summed E-state index contributed by atoms with van der Waals surface area (Å²) in [7, 11) is 1.70. The number of amides is 1. The van der Waals surface area contributed by atoms with Crippen LogP contribution in [0.2, 0.25) is 0 Å². The van der Waals surface area contributed by atoms with Crippen molar-refractivity contribution in [2.45, 2.75) is 65.5 Å². The molecule has 7 nitrogen and oxygen atoms in total. The number of likely N-dealkylation sites (tertiary alicyclic amines) is 1. The van der Waals surface area contributed by atoms with Crippen LogP contribution in [-0.4, -0.2) is 68.5 Å². The first-order valence-corrected chi connectivity index (χ1v) is 9.76. The molecule has 8 heteroatoms. The first kappa shape index (κ1) is 26.2. The molecular formula is C19H39IN4O3. The van der Waals surface area contributed by atoms with E-state index in [1.54, 1.807) is 7.11 Å². The number of hydrogen-bond donors (Lipinski definition) is 2. The third kappa shape index (κ3) is 11.6. The summed E-state index contributed by atoms with van der Waals surface area (Å²) in [5.41, 5.74) is -0.445. The Morgan fingerprint density at radius 1 is 1.37 bits per heavy atom. The molecule has 0 bridgehead atoms.